The minimum absolute atomic E-state index is 0.282. The van der Waals surface area contributed by atoms with Crippen LogP contribution in [0.3, 0.4) is 0 Å². The quantitative estimate of drug-likeness (QED) is 0.704. The number of rotatable bonds is 4. The summed E-state index contributed by atoms with van der Waals surface area (Å²) in [4.78, 5) is 0. The number of hydrogen-bond acceptors (Lipinski definition) is 1. The lowest BCUT2D eigenvalue weighted by Crippen LogP contribution is -1.83. The molecule has 1 heteroatoms. The molecule has 0 unspecified atom stereocenters. The van der Waals surface area contributed by atoms with Crippen molar-refractivity contribution in [2.24, 2.45) is 0 Å². The van der Waals surface area contributed by atoms with Crippen LogP contribution in [0.2, 0.25) is 0 Å². The van der Waals surface area contributed by atoms with E-state index in [4.69, 9.17) is 5.11 Å². The van der Waals surface area contributed by atoms with Crippen LogP contribution in [0.4, 0.5) is 0 Å². The zero-order chi connectivity index (χ0) is 9.52. The van der Waals surface area contributed by atoms with Crippen molar-refractivity contribution < 1.29 is 5.11 Å². The van der Waals surface area contributed by atoms with Gasteiger partial charge in [-0.05, 0) is 43.3 Å². The van der Waals surface area contributed by atoms with Gasteiger partial charge in [-0.3, -0.25) is 0 Å². The molecule has 0 spiro atoms. The van der Waals surface area contributed by atoms with E-state index in [-0.39, 0.29) is 6.61 Å². The third-order valence-corrected chi connectivity index (χ3v) is 2.50. The Morgan fingerprint density at radius 1 is 1.15 bits per heavy atom. The van der Waals surface area contributed by atoms with Crippen molar-refractivity contribution in [3.05, 3.63) is 23.3 Å². The van der Waals surface area contributed by atoms with Crippen LogP contribution in [0.5, 0.6) is 0 Å². The SMILES string of the molecule is CCC/C=C1\CCC\C1=C\CCO. The lowest BCUT2D eigenvalue weighted by Gasteiger charge is -2.00. The van der Waals surface area contributed by atoms with Crippen LogP contribution in [0.1, 0.15) is 45.4 Å². The zero-order valence-corrected chi connectivity index (χ0v) is 8.55. The molecule has 0 saturated heterocycles. The molecule has 0 amide bonds. The molecule has 0 aromatic heterocycles. The fourth-order valence-electron chi connectivity index (χ4n) is 1.81. The monoisotopic (exact) mass is 180 g/mol. The van der Waals surface area contributed by atoms with Gasteiger partial charge in [-0.15, -0.1) is 0 Å². The summed E-state index contributed by atoms with van der Waals surface area (Å²) >= 11 is 0. The van der Waals surface area contributed by atoms with Crippen LogP contribution in [-0.4, -0.2) is 11.7 Å². The minimum Gasteiger partial charge on any atom is -0.396 e. The van der Waals surface area contributed by atoms with Crippen LogP contribution in [0.15, 0.2) is 23.3 Å². The number of allylic oxidation sites excluding steroid dienone is 3. The molecule has 74 valence electrons. The molecule has 0 atom stereocenters. The van der Waals surface area contributed by atoms with Gasteiger partial charge in [-0.1, -0.05) is 25.5 Å². The second kappa shape index (κ2) is 5.98. The molecule has 1 nitrogen and oxygen atoms in total. The molecule has 1 aliphatic carbocycles. The van der Waals surface area contributed by atoms with Crippen molar-refractivity contribution in [3.63, 3.8) is 0 Å². The van der Waals surface area contributed by atoms with E-state index in [1.54, 1.807) is 0 Å². The number of aliphatic hydroxyl groups is 1. The molecule has 0 aromatic rings. The summed E-state index contributed by atoms with van der Waals surface area (Å²) in [7, 11) is 0. The van der Waals surface area contributed by atoms with E-state index >= 15 is 0 Å². The van der Waals surface area contributed by atoms with Gasteiger partial charge >= 0.3 is 0 Å². The predicted octanol–water partition coefficient (Wildman–Crippen LogP) is 3.21. The van der Waals surface area contributed by atoms with Gasteiger partial charge in [-0.25, -0.2) is 0 Å². The second-order valence-corrected chi connectivity index (χ2v) is 3.61. The average Bonchev–Trinajstić information content (AvgIpc) is 2.59. The fourth-order valence-corrected chi connectivity index (χ4v) is 1.81. The van der Waals surface area contributed by atoms with Gasteiger partial charge in [0.2, 0.25) is 0 Å². The van der Waals surface area contributed by atoms with Gasteiger partial charge in [0.15, 0.2) is 0 Å². The Morgan fingerprint density at radius 2 is 1.77 bits per heavy atom. The molecule has 1 N–H and O–H groups in total. The van der Waals surface area contributed by atoms with Gasteiger partial charge in [-0.2, -0.15) is 0 Å². The summed E-state index contributed by atoms with van der Waals surface area (Å²) in [6.45, 7) is 2.49. The lowest BCUT2D eigenvalue weighted by molar-refractivity contribution is 0.302. The minimum atomic E-state index is 0.282. The van der Waals surface area contributed by atoms with E-state index in [0.717, 1.165) is 6.42 Å². The second-order valence-electron chi connectivity index (χ2n) is 3.61. The molecule has 1 saturated carbocycles. The summed E-state index contributed by atoms with van der Waals surface area (Å²) in [5.41, 5.74) is 3.03. The highest BCUT2D eigenvalue weighted by Gasteiger charge is 2.11. The first-order chi connectivity index (χ1) is 6.38. The molecule has 0 bridgehead atoms. The third kappa shape index (κ3) is 3.35. The van der Waals surface area contributed by atoms with E-state index in [9.17, 15) is 0 Å². The maximum atomic E-state index is 8.72. The topological polar surface area (TPSA) is 20.2 Å². The molecule has 0 radical (unpaired) electrons. The van der Waals surface area contributed by atoms with E-state index in [1.807, 2.05) is 0 Å². The van der Waals surface area contributed by atoms with Gasteiger partial charge in [0, 0.05) is 6.61 Å². The largest absolute Gasteiger partial charge is 0.396 e. The van der Waals surface area contributed by atoms with E-state index in [0.29, 0.717) is 0 Å². The number of hydrogen-bond donors (Lipinski definition) is 1. The molecule has 0 aromatic carbocycles. The highest BCUT2D eigenvalue weighted by molar-refractivity contribution is 5.34. The number of unbranched alkanes of at least 4 members (excludes halogenated alkanes) is 1. The summed E-state index contributed by atoms with van der Waals surface area (Å²) in [6.07, 6.45) is 11.6. The smallest absolute Gasteiger partial charge is 0.0465 e. The molecular formula is C12H20O. The van der Waals surface area contributed by atoms with Crippen molar-refractivity contribution in [2.45, 2.75) is 45.4 Å². The normalized spacial score (nSPS) is 23.2. The third-order valence-electron chi connectivity index (χ3n) is 2.50. The van der Waals surface area contributed by atoms with Crippen molar-refractivity contribution >= 4 is 0 Å². The van der Waals surface area contributed by atoms with Gasteiger partial charge in [0.05, 0.1) is 0 Å². The molecule has 0 aliphatic heterocycles. The lowest BCUT2D eigenvalue weighted by atomic mass is 10.1. The Labute approximate surface area is 81.2 Å². The molecule has 1 rings (SSSR count). The molecule has 13 heavy (non-hydrogen) atoms. The molecule has 0 heterocycles. The van der Waals surface area contributed by atoms with Crippen molar-refractivity contribution in [2.75, 3.05) is 6.61 Å². The van der Waals surface area contributed by atoms with Crippen LogP contribution in [0, 0.1) is 0 Å². The first-order valence-corrected chi connectivity index (χ1v) is 5.37. The fraction of sp³-hybridized carbons (Fsp3) is 0.667. The highest BCUT2D eigenvalue weighted by atomic mass is 16.2. The van der Waals surface area contributed by atoms with E-state index < -0.39 is 0 Å². The summed E-state index contributed by atoms with van der Waals surface area (Å²) < 4.78 is 0. The molecular weight excluding hydrogens is 160 g/mol. The maximum absolute atomic E-state index is 8.72. The maximum Gasteiger partial charge on any atom is 0.0465 e. The average molecular weight is 180 g/mol. The Bertz CT molecular complexity index is 179. The van der Waals surface area contributed by atoms with Gasteiger partial charge < -0.3 is 5.11 Å². The van der Waals surface area contributed by atoms with Crippen molar-refractivity contribution in [1.82, 2.24) is 0 Å². The predicted molar refractivity (Wildman–Crippen MR) is 56.6 cm³/mol. The van der Waals surface area contributed by atoms with Crippen molar-refractivity contribution in [1.29, 1.82) is 0 Å². The van der Waals surface area contributed by atoms with Crippen LogP contribution < -0.4 is 0 Å². The summed E-state index contributed by atoms with van der Waals surface area (Å²) in [5.74, 6) is 0. The summed E-state index contributed by atoms with van der Waals surface area (Å²) in [6, 6.07) is 0. The van der Waals surface area contributed by atoms with Crippen LogP contribution >= 0.6 is 0 Å². The molecule has 1 fully saturated rings. The first-order valence-electron chi connectivity index (χ1n) is 5.37. The van der Waals surface area contributed by atoms with E-state index in [1.165, 1.54) is 43.3 Å². The highest BCUT2D eigenvalue weighted by Crippen LogP contribution is 2.30. The first kappa shape index (κ1) is 10.5. The number of aliphatic hydroxyl groups excluding tert-OH is 1. The molecule has 1 aliphatic rings. The Morgan fingerprint density at radius 3 is 2.31 bits per heavy atom. The van der Waals surface area contributed by atoms with Gasteiger partial charge in [0.1, 0.15) is 0 Å². The van der Waals surface area contributed by atoms with Crippen LogP contribution in [0.25, 0.3) is 0 Å². The summed E-state index contributed by atoms with van der Waals surface area (Å²) in [5, 5.41) is 8.72. The zero-order valence-electron chi connectivity index (χ0n) is 8.55. The standard InChI is InChI=1S/C12H20O/c1-2-3-6-11-7-4-8-12(11)9-5-10-13/h6,9,13H,2-5,7-8,10H2,1H3/b11-6+,12-9-. The Kier molecular flexibility index (Phi) is 4.84. The van der Waals surface area contributed by atoms with Crippen LogP contribution in [-0.2, 0) is 0 Å². The Balaban J connectivity index is 2.52. The Hall–Kier alpha value is -0.560. The van der Waals surface area contributed by atoms with Crippen molar-refractivity contribution in [3.8, 4) is 0 Å². The van der Waals surface area contributed by atoms with E-state index in [2.05, 4.69) is 19.1 Å². The van der Waals surface area contributed by atoms with Gasteiger partial charge in [0.25, 0.3) is 0 Å².